The van der Waals surface area contributed by atoms with Crippen LogP contribution in [0.3, 0.4) is 0 Å². The number of aryl methyl sites for hydroxylation is 1. The molecule has 27 heavy (non-hydrogen) atoms. The third kappa shape index (κ3) is 6.62. The Morgan fingerprint density at radius 1 is 1.19 bits per heavy atom. The molecule has 0 unspecified atom stereocenters. The van der Waals surface area contributed by atoms with Gasteiger partial charge in [-0.3, -0.25) is 4.99 Å². The molecule has 0 atom stereocenters. The van der Waals surface area contributed by atoms with Gasteiger partial charge in [-0.2, -0.15) is 0 Å². The van der Waals surface area contributed by atoms with Gasteiger partial charge in [0.2, 0.25) is 0 Å². The quantitative estimate of drug-likeness (QED) is 0.551. The molecule has 0 saturated carbocycles. The van der Waals surface area contributed by atoms with Crippen LogP contribution in [0.25, 0.3) is 0 Å². The van der Waals surface area contributed by atoms with Crippen molar-refractivity contribution in [2.24, 2.45) is 10.9 Å². The second kappa shape index (κ2) is 10.00. The summed E-state index contributed by atoms with van der Waals surface area (Å²) in [5.41, 5.74) is 2.30. The van der Waals surface area contributed by atoms with Gasteiger partial charge in [0, 0.05) is 38.1 Å². The minimum Gasteiger partial charge on any atom is -0.491 e. The third-order valence-corrected chi connectivity index (χ3v) is 4.03. The average Bonchev–Trinajstić information content (AvgIpc) is 3.02. The molecule has 0 aliphatic rings. The maximum atomic E-state index is 5.95. The second-order valence-electron chi connectivity index (χ2n) is 7.45. The van der Waals surface area contributed by atoms with Gasteiger partial charge in [0.05, 0.1) is 12.6 Å². The van der Waals surface area contributed by atoms with Crippen molar-refractivity contribution >= 4 is 5.96 Å². The van der Waals surface area contributed by atoms with Crippen molar-refractivity contribution in [3.63, 3.8) is 0 Å². The van der Waals surface area contributed by atoms with E-state index in [0.29, 0.717) is 19.0 Å². The Hall–Kier alpha value is -2.50. The zero-order valence-electron chi connectivity index (χ0n) is 17.4. The Kier molecular flexibility index (Phi) is 7.70. The summed E-state index contributed by atoms with van der Waals surface area (Å²) in [7, 11) is 1.77. The molecule has 1 aromatic heterocycles. The van der Waals surface area contributed by atoms with Crippen LogP contribution in [0, 0.1) is 12.8 Å². The fraction of sp³-hybridized carbons (Fsp3) is 0.524. The lowest BCUT2D eigenvalue weighted by Crippen LogP contribution is -2.37. The monoisotopic (exact) mass is 371 g/mol. The molecule has 0 spiro atoms. The summed E-state index contributed by atoms with van der Waals surface area (Å²) in [6.45, 7) is 12.8. The van der Waals surface area contributed by atoms with E-state index in [1.807, 2.05) is 26.2 Å². The Balaban J connectivity index is 1.96. The molecule has 2 rings (SSSR count). The SMILES string of the molecule is CN=C(NCc1ccc(C)cc1OC(C)C)NCc1nccn1CC(C)C. The summed E-state index contributed by atoms with van der Waals surface area (Å²) in [4.78, 5) is 8.77. The average molecular weight is 372 g/mol. The summed E-state index contributed by atoms with van der Waals surface area (Å²) < 4.78 is 8.13. The van der Waals surface area contributed by atoms with E-state index in [4.69, 9.17) is 4.74 Å². The minimum absolute atomic E-state index is 0.141. The first kappa shape index (κ1) is 20.8. The van der Waals surface area contributed by atoms with Gasteiger partial charge in [-0.25, -0.2) is 4.98 Å². The molecule has 1 heterocycles. The maximum absolute atomic E-state index is 5.95. The van der Waals surface area contributed by atoms with Crippen LogP contribution in [0.1, 0.15) is 44.6 Å². The highest BCUT2D eigenvalue weighted by molar-refractivity contribution is 5.79. The van der Waals surface area contributed by atoms with Crippen LogP contribution in [0.4, 0.5) is 0 Å². The van der Waals surface area contributed by atoms with E-state index in [1.165, 1.54) is 5.56 Å². The predicted octanol–water partition coefficient (Wildman–Crippen LogP) is 3.50. The number of aliphatic imine (C=N–C) groups is 1. The van der Waals surface area contributed by atoms with Crippen molar-refractivity contribution in [3.8, 4) is 5.75 Å². The molecule has 0 radical (unpaired) electrons. The van der Waals surface area contributed by atoms with Gasteiger partial charge in [0.15, 0.2) is 5.96 Å². The van der Waals surface area contributed by atoms with Gasteiger partial charge in [-0.15, -0.1) is 0 Å². The van der Waals surface area contributed by atoms with E-state index in [-0.39, 0.29) is 6.10 Å². The number of ether oxygens (including phenoxy) is 1. The van der Waals surface area contributed by atoms with Crippen LogP contribution >= 0.6 is 0 Å². The number of guanidine groups is 1. The second-order valence-corrected chi connectivity index (χ2v) is 7.45. The van der Waals surface area contributed by atoms with Crippen LogP contribution < -0.4 is 15.4 Å². The lowest BCUT2D eigenvalue weighted by Gasteiger charge is -2.17. The zero-order chi connectivity index (χ0) is 19.8. The lowest BCUT2D eigenvalue weighted by atomic mass is 10.1. The number of hydrogen-bond donors (Lipinski definition) is 2. The van der Waals surface area contributed by atoms with Crippen molar-refractivity contribution in [1.29, 1.82) is 0 Å². The zero-order valence-corrected chi connectivity index (χ0v) is 17.4. The number of imidazole rings is 1. The summed E-state index contributed by atoms with van der Waals surface area (Å²) in [6.07, 6.45) is 4.01. The molecule has 148 valence electrons. The van der Waals surface area contributed by atoms with Crippen molar-refractivity contribution < 1.29 is 4.74 Å². The predicted molar refractivity (Wildman–Crippen MR) is 111 cm³/mol. The van der Waals surface area contributed by atoms with E-state index < -0.39 is 0 Å². The molecule has 0 saturated heterocycles. The van der Waals surface area contributed by atoms with Crippen molar-refractivity contribution in [3.05, 3.63) is 47.5 Å². The van der Waals surface area contributed by atoms with Gasteiger partial charge in [-0.1, -0.05) is 26.0 Å². The van der Waals surface area contributed by atoms with Crippen LogP contribution in [0.5, 0.6) is 5.75 Å². The standard InChI is InChI=1S/C21H33N5O/c1-15(2)14-26-10-9-23-20(26)13-25-21(22-6)24-12-18-8-7-17(5)11-19(18)27-16(3)4/h7-11,15-16H,12-14H2,1-6H3,(H2,22,24,25). The summed E-state index contributed by atoms with van der Waals surface area (Å²) in [6, 6.07) is 6.28. The Morgan fingerprint density at radius 3 is 2.59 bits per heavy atom. The Labute approximate surface area is 163 Å². The van der Waals surface area contributed by atoms with E-state index in [9.17, 15) is 0 Å². The van der Waals surface area contributed by atoms with Gasteiger partial charge in [-0.05, 0) is 38.3 Å². The molecule has 6 heteroatoms. The molecule has 6 nitrogen and oxygen atoms in total. The molecule has 0 amide bonds. The minimum atomic E-state index is 0.141. The molecule has 0 bridgehead atoms. The molecule has 0 aliphatic carbocycles. The van der Waals surface area contributed by atoms with Crippen LogP contribution in [0.15, 0.2) is 35.6 Å². The number of nitrogens with zero attached hydrogens (tertiary/aromatic N) is 3. The van der Waals surface area contributed by atoms with Gasteiger partial charge < -0.3 is 19.9 Å². The number of nitrogens with one attached hydrogen (secondary N) is 2. The largest absolute Gasteiger partial charge is 0.491 e. The van der Waals surface area contributed by atoms with Crippen molar-refractivity contribution in [2.75, 3.05) is 7.05 Å². The van der Waals surface area contributed by atoms with Crippen LogP contribution in [-0.4, -0.2) is 28.7 Å². The highest BCUT2D eigenvalue weighted by Crippen LogP contribution is 2.21. The fourth-order valence-corrected chi connectivity index (χ4v) is 2.80. The first-order valence-corrected chi connectivity index (χ1v) is 9.59. The van der Waals surface area contributed by atoms with E-state index >= 15 is 0 Å². The summed E-state index contributed by atoms with van der Waals surface area (Å²) in [5.74, 6) is 3.24. The number of hydrogen-bond acceptors (Lipinski definition) is 3. The smallest absolute Gasteiger partial charge is 0.191 e. The summed E-state index contributed by atoms with van der Waals surface area (Å²) >= 11 is 0. The Bertz CT molecular complexity index is 749. The topological polar surface area (TPSA) is 63.5 Å². The fourth-order valence-electron chi connectivity index (χ4n) is 2.80. The van der Waals surface area contributed by atoms with Crippen LogP contribution in [-0.2, 0) is 19.6 Å². The van der Waals surface area contributed by atoms with E-state index in [0.717, 1.165) is 29.6 Å². The number of aromatic nitrogens is 2. The van der Waals surface area contributed by atoms with E-state index in [2.05, 4.69) is 64.1 Å². The summed E-state index contributed by atoms with van der Waals surface area (Å²) in [5, 5.41) is 6.71. The molecule has 2 N–H and O–H groups in total. The van der Waals surface area contributed by atoms with Gasteiger partial charge in [0.25, 0.3) is 0 Å². The molecular formula is C21H33N5O. The number of rotatable bonds is 8. The maximum Gasteiger partial charge on any atom is 0.191 e. The Morgan fingerprint density at radius 2 is 1.93 bits per heavy atom. The first-order valence-electron chi connectivity index (χ1n) is 9.59. The normalized spacial score (nSPS) is 11.9. The molecule has 1 aromatic carbocycles. The molecule has 0 fully saturated rings. The number of benzene rings is 1. The first-order chi connectivity index (χ1) is 12.9. The third-order valence-electron chi connectivity index (χ3n) is 4.03. The highest BCUT2D eigenvalue weighted by Gasteiger charge is 2.09. The highest BCUT2D eigenvalue weighted by atomic mass is 16.5. The van der Waals surface area contributed by atoms with E-state index in [1.54, 1.807) is 7.05 Å². The van der Waals surface area contributed by atoms with Crippen LogP contribution in [0.2, 0.25) is 0 Å². The molecule has 2 aromatic rings. The van der Waals surface area contributed by atoms with Crippen molar-refractivity contribution in [2.45, 2.75) is 60.4 Å². The van der Waals surface area contributed by atoms with Gasteiger partial charge in [0.1, 0.15) is 11.6 Å². The molecule has 0 aliphatic heterocycles. The lowest BCUT2D eigenvalue weighted by molar-refractivity contribution is 0.239. The molecular weight excluding hydrogens is 338 g/mol. The van der Waals surface area contributed by atoms with Gasteiger partial charge >= 0.3 is 0 Å². The van der Waals surface area contributed by atoms with Crippen molar-refractivity contribution in [1.82, 2.24) is 20.2 Å².